The summed E-state index contributed by atoms with van der Waals surface area (Å²) in [4.78, 5) is 5.49. The second-order valence-electron chi connectivity index (χ2n) is 14.6. The molecule has 0 radical (unpaired) electrons. The molecule has 254 valence electrons. The summed E-state index contributed by atoms with van der Waals surface area (Å²) in [5.41, 5.74) is 8.02. The molecule has 0 amide bonds. The summed E-state index contributed by atoms with van der Waals surface area (Å²) in [7, 11) is 0. The minimum atomic E-state index is 0.904. The molecule has 0 aliphatic heterocycles. The van der Waals surface area contributed by atoms with E-state index in [0.29, 0.717) is 0 Å². The number of aromatic nitrogens is 2. The summed E-state index contributed by atoms with van der Waals surface area (Å²) in [6, 6.07) is 71.0. The first kappa shape index (κ1) is 30.2. The van der Waals surface area contributed by atoms with Crippen LogP contribution in [0.3, 0.4) is 0 Å². The predicted molar refractivity (Wildman–Crippen MR) is 234 cm³/mol. The van der Waals surface area contributed by atoms with E-state index in [1.807, 2.05) is 0 Å². The van der Waals surface area contributed by atoms with E-state index in [1.165, 1.54) is 86.9 Å². The molecular formula is C53H32N2. The molecule has 12 rings (SSSR count). The molecule has 12 aromatic rings. The molecule has 0 unspecified atom stereocenters. The fourth-order valence-corrected chi connectivity index (χ4v) is 9.34. The Morgan fingerprint density at radius 1 is 0.345 bits per heavy atom. The summed E-state index contributed by atoms with van der Waals surface area (Å²) in [5.74, 6) is 0.904. The zero-order valence-electron chi connectivity index (χ0n) is 29.9. The van der Waals surface area contributed by atoms with Crippen LogP contribution in [0.15, 0.2) is 194 Å². The molecule has 0 atom stereocenters. The van der Waals surface area contributed by atoms with Crippen molar-refractivity contribution in [2.24, 2.45) is 0 Å². The Morgan fingerprint density at radius 2 is 0.927 bits per heavy atom. The van der Waals surface area contributed by atoms with E-state index in [0.717, 1.165) is 27.8 Å². The van der Waals surface area contributed by atoms with Crippen LogP contribution in [0, 0.1) is 0 Å². The van der Waals surface area contributed by atoms with Crippen molar-refractivity contribution in [1.29, 1.82) is 0 Å². The highest BCUT2D eigenvalue weighted by molar-refractivity contribution is 6.29. The fraction of sp³-hybridized carbons (Fsp3) is 0. The van der Waals surface area contributed by atoms with E-state index in [9.17, 15) is 0 Å². The van der Waals surface area contributed by atoms with Gasteiger partial charge in [0.2, 0.25) is 0 Å². The lowest BCUT2D eigenvalue weighted by atomic mass is 9.89. The van der Waals surface area contributed by atoms with E-state index >= 15 is 0 Å². The van der Waals surface area contributed by atoms with Crippen LogP contribution in [-0.2, 0) is 0 Å². The van der Waals surface area contributed by atoms with E-state index in [1.54, 1.807) is 0 Å². The molecule has 0 fully saturated rings. The number of para-hydroxylation sites is 1. The smallest absolute Gasteiger partial charge is 0.138 e. The minimum absolute atomic E-state index is 0.904. The molecule has 0 N–H and O–H groups in total. The predicted octanol–water partition coefficient (Wildman–Crippen LogP) is 14.4. The topological polar surface area (TPSA) is 17.8 Å². The third-order valence-corrected chi connectivity index (χ3v) is 11.7. The third kappa shape index (κ3) is 4.40. The molecule has 0 spiro atoms. The van der Waals surface area contributed by atoms with Gasteiger partial charge in [0.15, 0.2) is 0 Å². The second kappa shape index (κ2) is 11.6. The standard InChI is InChI=1S/C53H32N2/c1-2-14-33(15-3-1)45-32-50(54-48-25-13-12-24-44(45)48)55-49-29-27-34-16-4-6-18-37(34)52(49)47-30-35-17-5-7-19-38(35)51(53(47)55)36-26-28-43-41-22-9-8-20-39(41)40-21-10-11-23-42(40)46(43)31-36/h1-32H. The maximum absolute atomic E-state index is 5.49. The van der Waals surface area contributed by atoms with Crippen molar-refractivity contribution in [3.05, 3.63) is 194 Å². The molecule has 2 heterocycles. The molecule has 2 heteroatoms. The zero-order valence-corrected chi connectivity index (χ0v) is 29.9. The van der Waals surface area contributed by atoms with E-state index in [2.05, 4.69) is 199 Å². The number of hydrogen-bond donors (Lipinski definition) is 0. The van der Waals surface area contributed by atoms with Gasteiger partial charge in [0, 0.05) is 21.7 Å². The van der Waals surface area contributed by atoms with E-state index in [4.69, 9.17) is 4.98 Å². The molecule has 10 aromatic carbocycles. The monoisotopic (exact) mass is 696 g/mol. The molecule has 0 aliphatic rings. The number of hydrogen-bond acceptors (Lipinski definition) is 1. The normalized spacial score (nSPS) is 12.0. The van der Waals surface area contributed by atoms with Crippen molar-refractivity contribution < 1.29 is 0 Å². The van der Waals surface area contributed by atoms with Gasteiger partial charge in [-0.05, 0) is 101 Å². The van der Waals surface area contributed by atoms with Crippen LogP contribution in [-0.4, -0.2) is 9.55 Å². The molecular weight excluding hydrogens is 665 g/mol. The van der Waals surface area contributed by atoms with Crippen LogP contribution in [0.2, 0.25) is 0 Å². The van der Waals surface area contributed by atoms with Gasteiger partial charge in [0.25, 0.3) is 0 Å². The van der Waals surface area contributed by atoms with Crippen LogP contribution in [0.25, 0.3) is 115 Å². The summed E-state index contributed by atoms with van der Waals surface area (Å²) in [6.45, 7) is 0. The molecule has 2 aromatic heterocycles. The molecule has 0 saturated heterocycles. The number of fused-ring (bicyclic) bond motifs is 13. The Kier molecular flexibility index (Phi) is 6.37. The van der Waals surface area contributed by atoms with Gasteiger partial charge in [-0.3, -0.25) is 4.57 Å². The van der Waals surface area contributed by atoms with Gasteiger partial charge in [-0.2, -0.15) is 0 Å². The lowest BCUT2D eigenvalue weighted by Crippen LogP contribution is -2.01. The first-order valence-electron chi connectivity index (χ1n) is 19.0. The average molecular weight is 697 g/mol. The lowest BCUT2D eigenvalue weighted by molar-refractivity contribution is 1.10. The zero-order chi connectivity index (χ0) is 36.0. The summed E-state index contributed by atoms with van der Waals surface area (Å²) in [6.07, 6.45) is 0. The maximum Gasteiger partial charge on any atom is 0.138 e. The Morgan fingerprint density at radius 3 is 1.67 bits per heavy atom. The first-order chi connectivity index (χ1) is 27.3. The van der Waals surface area contributed by atoms with Gasteiger partial charge >= 0.3 is 0 Å². The number of pyridine rings is 1. The van der Waals surface area contributed by atoms with Crippen molar-refractivity contribution in [1.82, 2.24) is 9.55 Å². The Bertz CT molecular complexity index is 3500. The number of rotatable bonds is 3. The molecule has 0 saturated carbocycles. The third-order valence-electron chi connectivity index (χ3n) is 11.7. The van der Waals surface area contributed by atoms with Gasteiger partial charge in [-0.25, -0.2) is 4.98 Å². The fourth-order valence-electron chi connectivity index (χ4n) is 9.34. The molecule has 2 nitrogen and oxygen atoms in total. The van der Waals surface area contributed by atoms with Gasteiger partial charge in [-0.15, -0.1) is 0 Å². The van der Waals surface area contributed by atoms with Crippen LogP contribution in [0.5, 0.6) is 0 Å². The van der Waals surface area contributed by atoms with E-state index < -0.39 is 0 Å². The summed E-state index contributed by atoms with van der Waals surface area (Å²) >= 11 is 0. The van der Waals surface area contributed by atoms with Crippen molar-refractivity contribution in [2.45, 2.75) is 0 Å². The van der Waals surface area contributed by atoms with Crippen LogP contribution in [0.4, 0.5) is 0 Å². The quantitative estimate of drug-likeness (QED) is 0.168. The van der Waals surface area contributed by atoms with Gasteiger partial charge in [0.1, 0.15) is 5.82 Å². The van der Waals surface area contributed by atoms with Crippen molar-refractivity contribution >= 4 is 86.6 Å². The minimum Gasteiger partial charge on any atom is -0.293 e. The van der Waals surface area contributed by atoms with E-state index in [-0.39, 0.29) is 0 Å². The average Bonchev–Trinajstić information content (AvgIpc) is 3.59. The molecule has 0 bridgehead atoms. The van der Waals surface area contributed by atoms with Gasteiger partial charge in [0.05, 0.1) is 16.6 Å². The van der Waals surface area contributed by atoms with Crippen molar-refractivity contribution in [2.75, 3.05) is 0 Å². The van der Waals surface area contributed by atoms with Gasteiger partial charge in [-0.1, -0.05) is 164 Å². The number of benzene rings is 10. The van der Waals surface area contributed by atoms with Gasteiger partial charge < -0.3 is 0 Å². The highest BCUT2D eigenvalue weighted by atomic mass is 15.1. The van der Waals surface area contributed by atoms with Crippen LogP contribution < -0.4 is 0 Å². The lowest BCUT2D eigenvalue weighted by Gasteiger charge is -2.17. The van der Waals surface area contributed by atoms with Crippen molar-refractivity contribution in [3.8, 4) is 28.1 Å². The largest absolute Gasteiger partial charge is 0.293 e. The number of nitrogens with zero attached hydrogens (tertiary/aromatic N) is 2. The second-order valence-corrected chi connectivity index (χ2v) is 14.6. The van der Waals surface area contributed by atoms with Crippen LogP contribution >= 0.6 is 0 Å². The maximum atomic E-state index is 5.49. The summed E-state index contributed by atoms with van der Waals surface area (Å²) in [5, 5.41) is 16.2. The summed E-state index contributed by atoms with van der Waals surface area (Å²) < 4.78 is 2.44. The molecule has 0 aliphatic carbocycles. The van der Waals surface area contributed by atoms with Crippen LogP contribution in [0.1, 0.15) is 0 Å². The first-order valence-corrected chi connectivity index (χ1v) is 19.0. The Labute approximate surface area is 317 Å². The highest BCUT2D eigenvalue weighted by Crippen LogP contribution is 2.46. The van der Waals surface area contributed by atoms with Crippen molar-refractivity contribution in [3.63, 3.8) is 0 Å². The molecule has 55 heavy (non-hydrogen) atoms. The highest BCUT2D eigenvalue weighted by Gasteiger charge is 2.23. The Hall–Kier alpha value is -7.29. The Balaban J connectivity index is 1.29. The SMILES string of the molecule is c1ccc(-c2cc(-n3c4ccc5ccccc5c4c4cc5ccccc5c(-c5ccc6c7ccccc7c7ccccc7c6c5)c43)nc3ccccc23)cc1.